The third kappa shape index (κ3) is 4.09. The van der Waals surface area contributed by atoms with Crippen LogP contribution in [0.3, 0.4) is 0 Å². The van der Waals surface area contributed by atoms with Crippen LogP contribution in [0.15, 0.2) is 36.7 Å². The van der Waals surface area contributed by atoms with Crippen molar-refractivity contribution in [2.24, 2.45) is 0 Å². The summed E-state index contributed by atoms with van der Waals surface area (Å²) >= 11 is 6.01. The summed E-state index contributed by atoms with van der Waals surface area (Å²) in [6, 6.07) is 5.65. The lowest BCUT2D eigenvalue weighted by Crippen LogP contribution is -2.31. The van der Waals surface area contributed by atoms with Crippen LogP contribution in [0.25, 0.3) is 11.3 Å². The normalized spacial score (nSPS) is 14.0. The average Bonchev–Trinajstić information content (AvgIpc) is 2.73. The summed E-state index contributed by atoms with van der Waals surface area (Å²) < 4.78 is 40.3. The van der Waals surface area contributed by atoms with Crippen molar-refractivity contribution in [1.82, 2.24) is 15.0 Å². The van der Waals surface area contributed by atoms with Crippen LogP contribution in [0, 0.1) is 11.6 Å². The fourth-order valence-corrected chi connectivity index (χ4v) is 4.41. The van der Waals surface area contributed by atoms with E-state index in [0.29, 0.717) is 23.5 Å². The van der Waals surface area contributed by atoms with Gasteiger partial charge in [-0.3, -0.25) is 9.97 Å². The molecule has 0 N–H and O–H groups in total. The predicted octanol–water partition coefficient (Wildman–Crippen LogP) is 4.67. The van der Waals surface area contributed by atoms with Gasteiger partial charge >= 0.3 is 0 Å². The molecule has 0 radical (unpaired) electrons. The summed E-state index contributed by atoms with van der Waals surface area (Å²) in [6.45, 7) is 4.06. The molecule has 0 spiro atoms. The zero-order valence-corrected chi connectivity index (χ0v) is 18.2. The number of hydrogen-bond acceptors (Lipinski definition) is 5. The number of halogens is 3. The highest BCUT2D eigenvalue weighted by atomic mass is 35.5. The van der Waals surface area contributed by atoms with Crippen LogP contribution in [0.4, 0.5) is 14.6 Å². The maximum atomic E-state index is 14.3. The maximum Gasteiger partial charge on any atom is 0.151 e. The molecule has 0 saturated heterocycles. The SMILES string of the molecule is CP(C)(=O)c1ccc(-c2cnc3c(n2)N(Cc2c(F)ccc(F)c2Cl)CCC3)cn1. The number of pyridine rings is 1. The van der Waals surface area contributed by atoms with Gasteiger partial charge in [0.15, 0.2) is 5.82 Å². The number of benzene rings is 1. The van der Waals surface area contributed by atoms with Gasteiger partial charge in [-0.05, 0) is 50.4 Å². The van der Waals surface area contributed by atoms with E-state index in [2.05, 4.69) is 9.97 Å². The molecule has 0 fully saturated rings. The van der Waals surface area contributed by atoms with E-state index in [-0.39, 0.29) is 17.1 Å². The average molecular weight is 449 g/mol. The summed E-state index contributed by atoms with van der Waals surface area (Å²) in [5, 5.41) is -0.213. The van der Waals surface area contributed by atoms with Gasteiger partial charge < -0.3 is 9.46 Å². The van der Waals surface area contributed by atoms with E-state index < -0.39 is 18.8 Å². The predicted molar refractivity (Wildman–Crippen MR) is 115 cm³/mol. The molecule has 5 nitrogen and oxygen atoms in total. The Labute approximate surface area is 178 Å². The van der Waals surface area contributed by atoms with E-state index in [1.807, 2.05) is 11.0 Å². The molecule has 1 aliphatic rings. The monoisotopic (exact) mass is 448 g/mol. The Balaban J connectivity index is 1.69. The Morgan fingerprint density at radius 1 is 1.10 bits per heavy atom. The zero-order valence-electron chi connectivity index (χ0n) is 16.6. The second kappa shape index (κ2) is 8.05. The van der Waals surface area contributed by atoms with E-state index >= 15 is 0 Å². The van der Waals surface area contributed by atoms with Crippen molar-refractivity contribution < 1.29 is 13.3 Å². The van der Waals surface area contributed by atoms with Crippen molar-refractivity contribution in [3.8, 4) is 11.3 Å². The molecule has 156 valence electrons. The molecule has 30 heavy (non-hydrogen) atoms. The highest BCUT2D eigenvalue weighted by Gasteiger charge is 2.24. The van der Waals surface area contributed by atoms with Crippen LogP contribution in [0.2, 0.25) is 5.02 Å². The van der Waals surface area contributed by atoms with Crippen LogP contribution in [0.1, 0.15) is 17.7 Å². The minimum absolute atomic E-state index is 0.0968. The van der Waals surface area contributed by atoms with Gasteiger partial charge in [0.1, 0.15) is 18.8 Å². The molecule has 4 rings (SSSR count). The molecule has 1 aromatic carbocycles. The number of aryl methyl sites for hydroxylation is 1. The van der Waals surface area contributed by atoms with Gasteiger partial charge in [-0.15, -0.1) is 0 Å². The molecule has 3 aromatic rings. The summed E-state index contributed by atoms with van der Waals surface area (Å²) in [6.07, 6.45) is 4.88. The first-order valence-electron chi connectivity index (χ1n) is 9.49. The number of nitrogens with zero attached hydrogens (tertiary/aromatic N) is 4. The van der Waals surface area contributed by atoms with Crippen molar-refractivity contribution in [2.75, 3.05) is 24.8 Å². The topological polar surface area (TPSA) is 59.0 Å². The van der Waals surface area contributed by atoms with Gasteiger partial charge in [0.2, 0.25) is 0 Å². The standard InChI is InChI=1S/C21H20ClF2N4OP/c1-30(2,29)19-8-5-13(10-26-19)18-11-25-17-4-3-9-28(21(17)27-18)12-14-15(23)6-7-16(24)20(14)22/h5-8,10-11H,3-4,9,12H2,1-2H3. The van der Waals surface area contributed by atoms with E-state index in [0.717, 1.165) is 36.2 Å². The Kier molecular flexibility index (Phi) is 5.60. The van der Waals surface area contributed by atoms with Crippen LogP contribution in [-0.4, -0.2) is 34.8 Å². The Bertz CT molecular complexity index is 1150. The number of rotatable bonds is 4. The van der Waals surface area contributed by atoms with E-state index in [1.165, 1.54) is 0 Å². The number of fused-ring (bicyclic) bond motifs is 1. The quantitative estimate of drug-likeness (QED) is 0.429. The summed E-state index contributed by atoms with van der Waals surface area (Å²) in [5.41, 5.74) is 2.80. The fraction of sp³-hybridized carbons (Fsp3) is 0.286. The highest BCUT2D eigenvalue weighted by molar-refractivity contribution is 7.69. The smallest absolute Gasteiger partial charge is 0.151 e. The molecule has 0 saturated carbocycles. The van der Waals surface area contributed by atoms with Crippen molar-refractivity contribution in [3.05, 3.63) is 64.6 Å². The number of anilines is 1. The Hall–Kier alpha value is -2.37. The molecule has 9 heteroatoms. The van der Waals surface area contributed by atoms with E-state index in [4.69, 9.17) is 16.6 Å². The van der Waals surface area contributed by atoms with Gasteiger partial charge in [0, 0.05) is 30.4 Å². The molecule has 0 aliphatic carbocycles. The third-order valence-electron chi connectivity index (χ3n) is 5.05. The Morgan fingerprint density at radius 2 is 1.87 bits per heavy atom. The van der Waals surface area contributed by atoms with E-state index in [9.17, 15) is 13.3 Å². The first-order valence-corrected chi connectivity index (χ1v) is 12.5. The van der Waals surface area contributed by atoms with Crippen LogP contribution in [0.5, 0.6) is 0 Å². The van der Waals surface area contributed by atoms with Crippen molar-refractivity contribution >= 4 is 30.0 Å². The van der Waals surface area contributed by atoms with Gasteiger partial charge in [-0.2, -0.15) is 0 Å². The zero-order chi connectivity index (χ0) is 21.5. The number of hydrogen-bond donors (Lipinski definition) is 0. The summed E-state index contributed by atoms with van der Waals surface area (Å²) in [5.74, 6) is -0.583. The minimum atomic E-state index is -2.44. The molecule has 0 unspecified atom stereocenters. The van der Waals surface area contributed by atoms with Gasteiger partial charge in [-0.1, -0.05) is 11.6 Å². The Morgan fingerprint density at radius 3 is 2.57 bits per heavy atom. The molecule has 0 bridgehead atoms. The third-order valence-corrected chi connectivity index (χ3v) is 6.83. The number of aromatic nitrogens is 3. The fourth-order valence-electron chi connectivity index (χ4n) is 3.43. The molecular formula is C21H20ClF2N4OP. The second-order valence-corrected chi connectivity index (χ2v) is 11.2. The van der Waals surface area contributed by atoms with Gasteiger partial charge in [0.25, 0.3) is 0 Å². The first-order chi connectivity index (χ1) is 14.2. The summed E-state index contributed by atoms with van der Waals surface area (Å²) in [7, 11) is -2.44. The highest BCUT2D eigenvalue weighted by Crippen LogP contribution is 2.34. The molecule has 1 aliphatic heterocycles. The molecule has 3 heterocycles. The van der Waals surface area contributed by atoms with E-state index in [1.54, 1.807) is 31.8 Å². The maximum absolute atomic E-state index is 14.3. The summed E-state index contributed by atoms with van der Waals surface area (Å²) in [4.78, 5) is 15.4. The van der Waals surface area contributed by atoms with Crippen molar-refractivity contribution in [2.45, 2.75) is 19.4 Å². The molecule has 0 amide bonds. The van der Waals surface area contributed by atoms with Crippen molar-refractivity contribution in [3.63, 3.8) is 0 Å². The van der Waals surface area contributed by atoms with Crippen LogP contribution >= 0.6 is 18.7 Å². The largest absolute Gasteiger partial charge is 0.351 e. The lowest BCUT2D eigenvalue weighted by molar-refractivity contribution is 0.574. The van der Waals surface area contributed by atoms with Gasteiger partial charge in [-0.25, -0.2) is 13.8 Å². The van der Waals surface area contributed by atoms with Crippen molar-refractivity contribution in [1.29, 1.82) is 0 Å². The van der Waals surface area contributed by atoms with Gasteiger partial charge in [0.05, 0.1) is 28.0 Å². The lowest BCUT2D eigenvalue weighted by atomic mass is 10.1. The molecule has 0 atom stereocenters. The molecule has 2 aromatic heterocycles. The first kappa shape index (κ1) is 20.9. The second-order valence-electron chi connectivity index (χ2n) is 7.63. The lowest BCUT2D eigenvalue weighted by Gasteiger charge is -2.30. The molecular weight excluding hydrogens is 429 g/mol. The van der Waals surface area contributed by atoms with Crippen LogP contribution in [-0.2, 0) is 17.5 Å². The van der Waals surface area contributed by atoms with Crippen LogP contribution < -0.4 is 10.3 Å². The minimum Gasteiger partial charge on any atom is -0.351 e.